The van der Waals surface area contributed by atoms with Crippen molar-refractivity contribution in [1.82, 2.24) is 0 Å². The summed E-state index contributed by atoms with van der Waals surface area (Å²) in [5.74, 6) is -2.35. The summed E-state index contributed by atoms with van der Waals surface area (Å²) in [4.78, 5) is 22.9. The number of aromatic hydroxyl groups is 1. The zero-order chi connectivity index (χ0) is 27.4. The molecule has 0 heterocycles. The lowest BCUT2D eigenvalue weighted by atomic mass is 10.1. The molecule has 0 atom stereocenters. The number of hydrogen-bond donors (Lipinski definition) is 1. The van der Waals surface area contributed by atoms with Crippen LogP contribution in [-0.4, -0.2) is 45.2 Å². The summed E-state index contributed by atoms with van der Waals surface area (Å²) in [6.07, 6.45) is 0. The van der Waals surface area contributed by atoms with Crippen LogP contribution in [0.4, 0.5) is 13.2 Å². The molecule has 0 unspecified atom stereocenters. The summed E-state index contributed by atoms with van der Waals surface area (Å²) in [6.45, 7) is 0. The van der Waals surface area contributed by atoms with Gasteiger partial charge in [0.05, 0.1) is 14.2 Å². The van der Waals surface area contributed by atoms with Crippen molar-refractivity contribution in [3.63, 3.8) is 0 Å². The second-order valence-electron chi connectivity index (χ2n) is 7.38. The lowest BCUT2D eigenvalue weighted by Crippen LogP contribution is -2.28. The zero-order valence-corrected chi connectivity index (χ0v) is 20.1. The van der Waals surface area contributed by atoms with Crippen LogP contribution in [-0.2, 0) is 19.6 Å². The normalized spacial score (nSPS) is 11.4. The first-order valence-corrected chi connectivity index (χ1v) is 11.7. The summed E-state index contributed by atoms with van der Waals surface area (Å²) in [5, 5.41) is 12.3. The van der Waals surface area contributed by atoms with Gasteiger partial charge in [0.1, 0.15) is 16.9 Å². The number of phenols is 1. The van der Waals surface area contributed by atoms with E-state index in [0.717, 1.165) is 23.9 Å². The van der Waals surface area contributed by atoms with E-state index < -0.39 is 38.9 Å². The highest BCUT2D eigenvalue weighted by Crippen LogP contribution is 2.32. The number of ether oxygens (including phenoxy) is 2. The van der Waals surface area contributed by atoms with Gasteiger partial charge in [0.15, 0.2) is 5.75 Å². The lowest BCUT2D eigenvalue weighted by Gasteiger charge is -2.13. The van der Waals surface area contributed by atoms with E-state index in [4.69, 9.17) is 0 Å². The standard InChI is InChI=1S/C13H9F3O5S.C12H10O3/c1-20-12(17)10-6-8-4-2-3-5-9(8)7-11(10)21-22(18,19)13(14,15)16;1-15-12(14)10-6-8-4-2-3-5-9(8)7-11(10)13/h2-7H,1H3;2-7,13H,1H3. The van der Waals surface area contributed by atoms with Crippen LogP contribution < -0.4 is 4.18 Å². The topological polar surface area (TPSA) is 116 Å². The molecule has 0 aliphatic rings. The Morgan fingerprint density at radius 3 is 1.59 bits per heavy atom. The summed E-state index contributed by atoms with van der Waals surface area (Å²) in [5.41, 5.74) is -5.84. The molecule has 194 valence electrons. The third-order valence-corrected chi connectivity index (χ3v) is 5.97. The molecule has 0 aliphatic carbocycles. The van der Waals surface area contributed by atoms with Gasteiger partial charge in [0.2, 0.25) is 0 Å². The summed E-state index contributed by atoms with van der Waals surface area (Å²) < 4.78 is 72.6. The predicted octanol–water partition coefficient (Wildman–Crippen LogP) is 5.19. The highest BCUT2D eigenvalue weighted by Gasteiger charge is 2.49. The second kappa shape index (κ2) is 10.7. The molecule has 0 radical (unpaired) electrons. The zero-order valence-electron chi connectivity index (χ0n) is 19.3. The maximum atomic E-state index is 12.4. The molecule has 0 spiro atoms. The highest BCUT2D eigenvalue weighted by atomic mass is 32.2. The minimum Gasteiger partial charge on any atom is -0.507 e. The van der Waals surface area contributed by atoms with E-state index in [0.29, 0.717) is 10.8 Å². The molecule has 4 aromatic carbocycles. The molecule has 4 aromatic rings. The SMILES string of the molecule is COC(=O)c1cc2ccccc2cc1O.COC(=O)c1cc2ccccc2cc1OS(=O)(=O)C(F)(F)F. The fourth-order valence-corrected chi connectivity index (χ4v) is 3.69. The first kappa shape index (κ1) is 27.3. The number of carbonyl (C=O) groups excluding carboxylic acids is 2. The first-order chi connectivity index (χ1) is 17.4. The van der Waals surface area contributed by atoms with E-state index in [2.05, 4.69) is 13.7 Å². The van der Waals surface area contributed by atoms with E-state index >= 15 is 0 Å². The van der Waals surface area contributed by atoms with E-state index in [1.54, 1.807) is 30.3 Å². The van der Waals surface area contributed by atoms with E-state index in [9.17, 15) is 36.3 Å². The van der Waals surface area contributed by atoms with Crippen molar-refractivity contribution in [2.45, 2.75) is 5.51 Å². The van der Waals surface area contributed by atoms with Gasteiger partial charge in [-0.2, -0.15) is 21.6 Å². The van der Waals surface area contributed by atoms with Crippen molar-refractivity contribution in [1.29, 1.82) is 0 Å². The molecule has 0 amide bonds. The average molecular weight is 536 g/mol. The van der Waals surface area contributed by atoms with Crippen LogP contribution in [0.15, 0.2) is 72.8 Å². The predicted molar refractivity (Wildman–Crippen MR) is 128 cm³/mol. The Morgan fingerprint density at radius 1 is 0.730 bits per heavy atom. The third-order valence-electron chi connectivity index (χ3n) is 5.01. The Balaban J connectivity index is 0.000000220. The Bertz CT molecular complexity index is 1580. The molecular formula is C25H19F3O8S. The summed E-state index contributed by atoms with van der Waals surface area (Å²) >= 11 is 0. The van der Waals surface area contributed by atoms with Crippen LogP contribution in [0.5, 0.6) is 11.5 Å². The minimum atomic E-state index is -5.89. The van der Waals surface area contributed by atoms with Gasteiger partial charge < -0.3 is 18.8 Å². The number of alkyl halides is 3. The quantitative estimate of drug-likeness (QED) is 0.215. The van der Waals surface area contributed by atoms with E-state index in [1.165, 1.54) is 19.2 Å². The maximum Gasteiger partial charge on any atom is 0.534 e. The number of rotatable bonds is 4. The number of phenolic OH excluding ortho intramolecular Hbond substituents is 1. The van der Waals surface area contributed by atoms with Crippen molar-refractivity contribution < 1.29 is 49.9 Å². The highest BCUT2D eigenvalue weighted by molar-refractivity contribution is 7.88. The molecule has 0 saturated heterocycles. The molecule has 8 nitrogen and oxygen atoms in total. The van der Waals surface area contributed by atoms with Gasteiger partial charge in [-0.1, -0.05) is 48.5 Å². The van der Waals surface area contributed by atoms with Crippen LogP contribution in [0.25, 0.3) is 21.5 Å². The smallest absolute Gasteiger partial charge is 0.507 e. The number of halogens is 3. The number of benzene rings is 4. The van der Waals surface area contributed by atoms with Crippen LogP contribution in [0.2, 0.25) is 0 Å². The molecule has 37 heavy (non-hydrogen) atoms. The Morgan fingerprint density at radius 2 is 1.14 bits per heavy atom. The first-order valence-electron chi connectivity index (χ1n) is 10.3. The van der Waals surface area contributed by atoms with Gasteiger partial charge in [-0.15, -0.1) is 0 Å². The van der Waals surface area contributed by atoms with Gasteiger partial charge in [-0.25, -0.2) is 9.59 Å². The second-order valence-corrected chi connectivity index (χ2v) is 8.92. The van der Waals surface area contributed by atoms with Crippen molar-refractivity contribution in [2.24, 2.45) is 0 Å². The molecule has 0 fully saturated rings. The number of fused-ring (bicyclic) bond motifs is 2. The van der Waals surface area contributed by atoms with Crippen molar-refractivity contribution in [3.8, 4) is 11.5 Å². The molecular weight excluding hydrogens is 517 g/mol. The molecule has 1 N–H and O–H groups in total. The van der Waals surface area contributed by atoms with Gasteiger partial charge in [-0.05, 0) is 45.8 Å². The monoisotopic (exact) mass is 536 g/mol. The Labute approximate surface area is 208 Å². The fraction of sp³-hybridized carbons (Fsp3) is 0.120. The van der Waals surface area contributed by atoms with Crippen molar-refractivity contribution >= 4 is 43.6 Å². The Kier molecular flexibility index (Phi) is 7.92. The largest absolute Gasteiger partial charge is 0.534 e. The van der Waals surface area contributed by atoms with E-state index in [1.807, 2.05) is 24.3 Å². The number of hydrogen-bond acceptors (Lipinski definition) is 8. The summed E-state index contributed by atoms with van der Waals surface area (Å²) in [6, 6.07) is 19.3. The van der Waals surface area contributed by atoms with Crippen LogP contribution in [0.1, 0.15) is 20.7 Å². The molecule has 12 heteroatoms. The average Bonchev–Trinajstić information content (AvgIpc) is 2.86. The summed E-state index contributed by atoms with van der Waals surface area (Å²) in [7, 11) is -3.59. The van der Waals surface area contributed by atoms with E-state index in [-0.39, 0.29) is 11.3 Å². The van der Waals surface area contributed by atoms with Crippen LogP contribution >= 0.6 is 0 Å². The van der Waals surface area contributed by atoms with Crippen LogP contribution in [0.3, 0.4) is 0 Å². The molecule has 0 aromatic heterocycles. The third kappa shape index (κ3) is 6.09. The maximum absolute atomic E-state index is 12.4. The number of esters is 2. The van der Waals surface area contributed by atoms with Crippen molar-refractivity contribution in [3.05, 3.63) is 83.9 Å². The van der Waals surface area contributed by atoms with Gasteiger partial charge in [0, 0.05) is 0 Å². The van der Waals surface area contributed by atoms with Gasteiger partial charge in [-0.3, -0.25) is 0 Å². The minimum absolute atomic E-state index is 0.0550. The molecule has 4 rings (SSSR count). The number of methoxy groups -OCH3 is 2. The molecule has 0 bridgehead atoms. The van der Waals surface area contributed by atoms with Gasteiger partial charge in [0.25, 0.3) is 0 Å². The fourth-order valence-electron chi connectivity index (χ4n) is 3.22. The van der Waals surface area contributed by atoms with Crippen LogP contribution in [0, 0.1) is 0 Å². The molecule has 0 aliphatic heterocycles. The van der Waals surface area contributed by atoms with Crippen molar-refractivity contribution in [2.75, 3.05) is 14.2 Å². The van der Waals surface area contributed by atoms with Gasteiger partial charge >= 0.3 is 27.6 Å². The Hall–Kier alpha value is -4.32. The number of carbonyl (C=O) groups is 2. The lowest BCUT2D eigenvalue weighted by molar-refractivity contribution is -0.0500. The molecule has 0 saturated carbocycles.